The van der Waals surface area contributed by atoms with Gasteiger partial charge in [-0.15, -0.1) is 0 Å². The van der Waals surface area contributed by atoms with E-state index in [1.807, 2.05) is 13.8 Å². The predicted molar refractivity (Wildman–Crippen MR) is 77.9 cm³/mol. The van der Waals surface area contributed by atoms with Gasteiger partial charge < -0.3 is 9.84 Å². The Balaban J connectivity index is 0.00000137. The topological polar surface area (TPSA) is 32.7 Å². The van der Waals surface area contributed by atoms with E-state index < -0.39 is 0 Å². The lowest BCUT2D eigenvalue weighted by Crippen LogP contribution is -2.39. The highest BCUT2D eigenvalue weighted by Gasteiger charge is 2.21. The Morgan fingerprint density at radius 2 is 1.61 bits per heavy atom. The van der Waals surface area contributed by atoms with Crippen molar-refractivity contribution in [2.24, 2.45) is 0 Å². The van der Waals surface area contributed by atoms with Crippen molar-refractivity contribution in [2.75, 3.05) is 13.7 Å². The Bertz CT molecular complexity index is 189. The van der Waals surface area contributed by atoms with Crippen LogP contribution in [0.4, 0.5) is 0 Å². The molecule has 1 N–H and O–H groups in total. The first-order chi connectivity index (χ1) is 8.50. The highest BCUT2D eigenvalue weighted by atomic mass is 16.5. The summed E-state index contributed by atoms with van der Waals surface area (Å²) >= 11 is 0. The number of aliphatic hydroxyl groups is 1. The van der Waals surface area contributed by atoms with Crippen molar-refractivity contribution in [3.63, 3.8) is 0 Å². The van der Waals surface area contributed by atoms with Gasteiger partial charge in [0.05, 0.1) is 18.8 Å². The lowest BCUT2D eigenvalue weighted by atomic mass is 9.95. The monoisotopic (exact) mass is 259 g/mol. The highest BCUT2D eigenvalue weighted by Crippen LogP contribution is 2.21. The van der Waals surface area contributed by atoms with E-state index in [4.69, 9.17) is 4.74 Å². The van der Waals surface area contributed by atoms with Crippen molar-refractivity contribution in [3.8, 4) is 0 Å². The maximum absolute atomic E-state index is 9.40. The molecule has 1 fully saturated rings. The van der Waals surface area contributed by atoms with Gasteiger partial charge in [0.15, 0.2) is 0 Å². The van der Waals surface area contributed by atoms with Crippen LogP contribution in [0, 0.1) is 0 Å². The van der Waals surface area contributed by atoms with Gasteiger partial charge in [-0.3, -0.25) is 4.90 Å². The van der Waals surface area contributed by atoms with Gasteiger partial charge in [0.1, 0.15) is 0 Å². The van der Waals surface area contributed by atoms with Crippen LogP contribution in [0.1, 0.15) is 60.3 Å². The lowest BCUT2D eigenvalue weighted by Gasteiger charge is -2.31. The predicted octanol–water partition coefficient (Wildman–Crippen LogP) is 3.06. The van der Waals surface area contributed by atoms with E-state index in [1.165, 1.54) is 0 Å². The second-order valence-corrected chi connectivity index (χ2v) is 5.37. The van der Waals surface area contributed by atoms with Crippen LogP contribution in [-0.4, -0.2) is 48.0 Å². The van der Waals surface area contributed by atoms with Crippen molar-refractivity contribution in [2.45, 2.75) is 84.6 Å². The average molecular weight is 259 g/mol. The molecule has 1 aliphatic carbocycles. The third-order valence-corrected chi connectivity index (χ3v) is 3.73. The number of aliphatic hydroxyl groups excluding tert-OH is 1. The van der Waals surface area contributed by atoms with Gasteiger partial charge in [0, 0.05) is 12.1 Å². The Morgan fingerprint density at radius 3 is 2.06 bits per heavy atom. The van der Waals surface area contributed by atoms with Crippen molar-refractivity contribution >= 4 is 0 Å². The summed E-state index contributed by atoms with van der Waals surface area (Å²) in [7, 11) is 2.14. The Labute approximate surface area is 114 Å². The molecule has 0 aromatic carbocycles. The molecule has 1 saturated carbocycles. The number of nitrogens with zero attached hydrogens (tertiary/aromatic N) is 1. The first-order valence-electron chi connectivity index (χ1n) is 7.52. The summed E-state index contributed by atoms with van der Waals surface area (Å²) < 4.78 is 5.91. The zero-order valence-corrected chi connectivity index (χ0v) is 13.1. The molecule has 3 nitrogen and oxygen atoms in total. The largest absolute Gasteiger partial charge is 0.393 e. The molecule has 0 heterocycles. The molecule has 1 aliphatic rings. The van der Waals surface area contributed by atoms with Crippen molar-refractivity contribution in [1.29, 1.82) is 0 Å². The molecular weight excluding hydrogens is 226 g/mol. The number of rotatable bonds is 5. The molecule has 0 spiro atoms. The summed E-state index contributed by atoms with van der Waals surface area (Å²) in [6.07, 6.45) is 4.11. The van der Waals surface area contributed by atoms with Crippen LogP contribution in [0.3, 0.4) is 0 Å². The van der Waals surface area contributed by atoms with Crippen molar-refractivity contribution in [1.82, 2.24) is 4.90 Å². The van der Waals surface area contributed by atoms with Gasteiger partial charge in [-0.25, -0.2) is 0 Å². The van der Waals surface area contributed by atoms with E-state index in [0.717, 1.165) is 32.3 Å². The minimum absolute atomic E-state index is 0.0874. The zero-order valence-electron chi connectivity index (χ0n) is 13.1. The molecule has 0 amide bonds. The van der Waals surface area contributed by atoms with Crippen LogP contribution >= 0.6 is 0 Å². The quantitative estimate of drug-likeness (QED) is 0.823. The molecule has 0 aliphatic heterocycles. The number of ether oxygens (including phenoxy) is 1. The first-order valence-corrected chi connectivity index (χ1v) is 7.52. The second kappa shape index (κ2) is 9.76. The number of hydrogen-bond donors (Lipinski definition) is 1. The Kier molecular flexibility index (Phi) is 9.70. The Hall–Kier alpha value is -0.120. The lowest BCUT2D eigenvalue weighted by molar-refractivity contribution is -0.0255. The van der Waals surface area contributed by atoms with Crippen molar-refractivity contribution < 1.29 is 9.84 Å². The van der Waals surface area contributed by atoms with E-state index in [9.17, 15) is 5.11 Å². The zero-order chi connectivity index (χ0) is 14.1. The standard InChI is InChI=1S/C13H27NO2.C2H6/c1-10(2)14(4)11(3)9-16-13-7-5-12(15)6-8-13;1-2/h10-13,15H,5-9H2,1-4H3;1-2H3. The number of hydrogen-bond acceptors (Lipinski definition) is 3. The summed E-state index contributed by atoms with van der Waals surface area (Å²) in [4.78, 5) is 2.33. The van der Waals surface area contributed by atoms with Gasteiger partial charge in [-0.1, -0.05) is 13.8 Å². The van der Waals surface area contributed by atoms with Crippen LogP contribution < -0.4 is 0 Å². The molecule has 0 saturated heterocycles. The minimum Gasteiger partial charge on any atom is -0.393 e. The molecule has 1 atom stereocenters. The van der Waals surface area contributed by atoms with Crippen LogP contribution in [0.25, 0.3) is 0 Å². The molecular formula is C15H33NO2. The minimum atomic E-state index is -0.0874. The van der Waals surface area contributed by atoms with Gasteiger partial charge in [0.2, 0.25) is 0 Å². The van der Waals surface area contributed by atoms with Crippen LogP contribution in [0.2, 0.25) is 0 Å². The maximum atomic E-state index is 9.40. The summed E-state index contributed by atoms with van der Waals surface area (Å²) in [5, 5.41) is 9.40. The van der Waals surface area contributed by atoms with Gasteiger partial charge >= 0.3 is 0 Å². The third kappa shape index (κ3) is 6.72. The van der Waals surface area contributed by atoms with E-state index in [2.05, 4.69) is 32.7 Å². The van der Waals surface area contributed by atoms with Gasteiger partial charge in [-0.05, 0) is 53.5 Å². The normalized spacial score (nSPS) is 25.8. The first kappa shape index (κ1) is 17.9. The second-order valence-electron chi connectivity index (χ2n) is 5.37. The molecule has 110 valence electrons. The molecule has 18 heavy (non-hydrogen) atoms. The molecule has 1 unspecified atom stereocenters. The molecule has 0 aromatic rings. The Morgan fingerprint density at radius 1 is 1.11 bits per heavy atom. The fourth-order valence-electron chi connectivity index (χ4n) is 2.11. The molecule has 1 rings (SSSR count). The fourth-order valence-corrected chi connectivity index (χ4v) is 2.11. The SMILES string of the molecule is CC.CC(C)N(C)C(C)COC1CCC(O)CC1. The molecule has 0 bridgehead atoms. The number of likely N-dealkylation sites (N-methyl/N-ethyl adjacent to an activating group) is 1. The third-order valence-electron chi connectivity index (χ3n) is 3.73. The molecule has 0 radical (unpaired) electrons. The fraction of sp³-hybridized carbons (Fsp3) is 1.00. The van der Waals surface area contributed by atoms with Gasteiger partial charge in [0.25, 0.3) is 0 Å². The summed E-state index contributed by atoms with van der Waals surface area (Å²) in [6.45, 7) is 11.4. The van der Waals surface area contributed by atoms with E-state index in [1.54, 1.807) is 0 Å². The summed E-state index contributed by atoms with van der Waals surface area (Å²) in [5.74, 6) is 0. The van der Waals surface area contributed by atoms with Gasteiger partial charge in [-0.2, -0.15) is 0 Å². The molecule has 0 aromatic heterocycles. The highest BCUT2D eigenvalue weighted by molar-refractivity contribution is 4.73. The maximum Gasteiger partial charge on any atom is 0.0622 e. The summed E-state index contributed by atoms with van der Waals surface area (Å²) in [5.41, 5.74) is 0. The van der Waals surface area contributed by atoms with Crippen molar-refractivity contribution in [3.05, 3.63) is 0 Å². The van der Waals surface area contributed by atoms with E-state index >= 15 is 0 Å². The van der Waals surface area contributed by atoms with Crippen LogP contribution in [0.5, 0.6) is 0 Å². The van der Waals surface area contributed by atoms with Crippen LogP contribution in [-0.2, 0) is 4.74 Å². The molecule has 3 heteroatoms. The summed E-state index contributed by atoms with van der Waals surface area (Å²) in [6, 6.07) is 1.03. The van der Waals surface area contributed by atoms with E-state index in [-0.39, 0.29) is 6.10 Å². The van der Waals surface area contributed by atoms with E-state index in [0.29, 0.717) is 18.2 Å². The smallest absolute Gasteiger partial charge is 0.0622 e. The van der Waals surface area contributed by atoms with Crippen LogP contribution in [0.15, 0.2) is 0 Å². The average Bonchev–Trinajstić information content (AvgIpc) is 2.39.